The minimum Gasteiger partial charge on any atom is -0.478 e. The van der Waals surface area contributed by atoms with Gasteiger partial charge in [-0.25, -0.2) is 18.4 Å². The highest BCUT2D eigenvalue weighted by atomic mass is 35.5. The number of carbonyl (C=O) groups is 2. The fourth-order valence-corrected chi connectivity index (χ4v) is 5.83. The van der Waals surface area contributed by atoms with E-state index in [4.69, 9.17) is 11.6 Å². The van der Waals surface area contributed by atoms with Crippen LogP contribution in [0.5, 0.6) is 0 Å². The number of carboxylic acid groups (broad SMARTS) is 1. The summed E-state index contributed by atoms with van der Waals surface area (Å²) in [6.07, 6.45) is 0.796. The van der Waals surface area contributed by atoms with Crippen LogP contribution in [0.1, 0.15) is 47.2 Å². The summed E-state index contributed by atoms with van der Waals surface area (Å²) in [5.74, 6) is -3.95. The second-order valence-electron chi connectivity index (χ2n) is 10.6. The monoisotopic (exact) mass is 565 g/mol. The number of amides is 1. The number of piperidine rings is 1. The zero-order valence-electron chi connectivity index (χ0n) is 21.4. The molecule has 1 N–H and O–H groups in total. The maximum Gasteiger partial charge on any atom is 0.335 e. The van der Waals surface area contributed by atoms with Gasteiger partial charge in [0.1, 0.15) is 0 Å². The number of alkyl halides is 2. The van der Waals surface area contributed by atoms with Crippen molar-refractivity contribution >= 4 is 34.5 Å². The number of fused-ring (bicyclic) bond motifs is 1. The zero-order valence-corrected chi connectivity index (χ0v) is 22.2. The Hall–Kier alpha value is -3.98. The third kappa shape index (κ3) is 4.58. The Kier molecular flexibility index (Phi) is 6.29. The van der Waals surface area contributed by atoms with Gasteiger partial charge in [0.25, 0.3) is 5.92 Å². The van der Waals surface area contributed by atoms with Gasteiger partial charge in [-0.05, 0) is 66.4 Å². The molecule has 3 aromatic carbocycles. The van der Waals surface area contributed by atoms with Crippen LogP contribution in [0.4, 0.5) is 8.78 Å². The molecule has 10 heteroatoms. The van der Waals surface area contributed by atoms with E-state index in [1.54, 1.807) is 63.7 Å². The molecule has 2 heterocycles. The van der Waals surface area contributed by atoms with E-state index in [1.165, 1.54) is 11.0 Å². The van der Waals surface area contributed by atoms with Gasteiger partial charge in [0.2, 0.25) is 5.91 Å². The van der Waals surface area contributed by atoms with Crippen molar-refractivity contribution in [1.82, 2.24) is 14.0 Å². The number of likely N-dealkylation sites (tertiary alicyclic amines) is 1. The van der Waals surface area contributed by atoms with Crippen LogP contribution in [0.2, 0.25) is 5.02 Å². The van der Waals surface area contributed by atoms with Gasteiger partial charge in [-0.15, -0.1) is 0 Å². The molecule has 0 radical (unpaired) electrons. The molecule has 6 rings (SSSR count). The topological polar surface area (TPSA) is 84.5 Å². The summed E-state index contributed by atoms with van der Waals surface area (Å²) >= 11 is 6.34. The van der Waals surface area contributed by atoms with Crippen molar-refractivity contribution in [3.8, 4) is 5.69 Å². The maximum absolute atomic E-state index is 14.0. The molecular weight excluding hydrogens is 540 g/mol. The summed E-state index contributed by atoms with van der Waals surface area (Å²) in [7, 11) is 0. The van der Waals surface area contributed by atoms with Crippen molar-refractivity contribution in [3.05, 3.63) is 98.9 Å². The highest BCUT2D eigenvalue weighted by Gasteiger charge is 2.49. The number of rotatable bonds is 6. The summed E-state index contributed by atoms with van der Waals surface area (Å²) in [5, 5.41) is 9.97. The molecule has 40 heavy (non-hydrogen) atoms. The molecular formula is C30H26ClF2N3O4. The molecule has 1 amide bonds. The van der Waals surface area contributed by atoms with E-state index in [-0.39, 0.29) is 49.5 Å². The van der Waals surface area contributed by atoms with Crippen LogP contribution in [0.25, 0.3) is 16.7 Å². The Bertz CT molecular complexity index is 1700. The van der Waals surface area contributed by atoms with E-state index in [2.05, 4.69) is 0 Å². The number of halogens is 3. The largest absolute Gasteiger partial charge is 0.478 e. The number of carbonyl (C=O) groups excluding carboxylic acids is 1. The average molecular weight is 566 g/mol. The lowest BCUT2D eigenvalue weighted by atomic mass is 10.0. The van der Waals surface area contributed by atoms with Gasteiger partial charge in [0.05, 0.1) is 34.2 Å². The van der Waals surface area contributed by atoms with Crippen LogP contribution in [-0.4, -0.2) is 50.0 Å². The van der Waals surface area contributed by atoms with E-state index < -0.39 is 17.4 Å². The summed E-state index contributed by atoms with van der Waals surface area (Å²) < 4.78 is 30.2. The summed E-state index contributed by atoms with van der Waals surface area (Å²) in [6, 6.07) is 19.0. The first-order valence-corrected chi connectivity index (χ1v) is 13.5. The minimum absolute atomic E-state index is 0.0384. The summed E-state index contributed by atoms with van der Waals surface area (Å²) in [4.78, 5) is 39.8. The van der Waals surface area contributed by atoms with Crippen molar-refractivity contribution < 1.29 is 23.5 Å². The smallest absolute Gasteiger partial charge is 0.335 e. The molecule has 7 nitrogen and oxygen atoms in total. The normalized spacial score (nSPS) is 17.6. The lowest BCUT2D eigenvalue weighted by Crippen LogP contribution is -2.43. The van der Waals surface area contributed by atoms with Gasteiger partial charge in [-0.1, -0.05) is 35.9 Å². The SMILES string of the molecule is O=C(O)c1cccc(C2(n3c(=O)n(-c4ccc(CC(=O)N5CCC(F)(F)CC5)cc4)c4cc(Cl)ccc43)CC2)c1. The third-order valence-corrected chi connectivity index (χ3v) is 8.23. The molecule has 2 fully saturated rings. The summed E-state index contributed by atoms with van der Waals surface area (Å²) in [5.41, 5.74) is 2.54. The fraction of sp³-hybridized carbons (Fsp3) is 0.300. The van der Waals surface area contributed by atoms with Crippen molar-refractivity contribution in [3.63, 3.8) is 0 Å². The van der Waals surface area contributed by atoms with Crippen LogP contribution in [0.15, 0.2) is 71.5 Å². The predicted molar refractivity (Wildman–Crippen MR) is 147 cm³/mol. The van der Waals surface area contributed by atoms with Crippen LogP contribution in [0.3, 0.4) is 0 Å². The number of aromatic carboxylic acids is 1. The molecule has 0 bridgehead atoms. The first kappa shape index (κ1) is 26.3. The van der Waals surface area contributed by atoms with Crippen LogP contribution in [-0.2, 0) is 16.8 Å². The molecule has 1 aliphatic carbocycles. The number of nitrogens with zero attached hydrogens (tertiary/aromatic N) is 3. The number of benzene rings is 3. The van der Waals surface area contributed by atoms with Gasteiger partial charge in [0, 0.05) is 31.0 Å². The first-order valence-electron chi connectivity index (χ1n) is 13.1. The standard InChI is InChI=1S/C30H26ClF2N3O4/c31-22-6-9-24-25(18-22)35(28(40)36(24)29(10-11-29)21-3-1-2-20(17-21)27(38)39)23-7-4-19(5-8-23)16-26(37)34-14-12-30(32,33)13-15-34/h1-9,17-18H,10-16H2,(H,38,39). The Morgan fingerprint density at radius 3 is 2.25 bits per heavy atom. The molecule has 4 aromatic rings. The third-order valence-electron chi connectivity index (χ3n) is 8.00. The van der Waals surface area contributed by atoms with Crippen LogP contribution < -0.4 is 5.69 Å². The Morgan fingerprint density at radius 1 is 0.900 bits per heavy atom. The zero-order chi connectivity index (χ0) is 28.2. The van der Waals surface area contributed by atoms with E-state index in [0.717, 1.165) is 5.56 Å². The highest BCUT2D eigenvalue weighted by Crippen LogP contribution is 2.50. The highest BCUT2D eigenvalue weighted by molar-refractivity contribution is 6.31. The second-order valence-corrected chi connectivity index (χ2v) is 11.0. The molecule has 0 unspecified atom stereocenters. The van der Waals surface area contributed by atoms with Gasteiger partial charge in [0.15, 0.2) is 0 Å². The number of hydrogen-bond donors (Lipinski definition) is 1. The molecule has 0 atom stereocenters. The number of aromatic nitrogens is 2. The average Bonchev–Trinajstić information content (AvgIpc) is 3.67. The Morgan fingerprint density at radius 2 is 1.60 bits per heavy atom. The molecule has 1 aromatic heterocycles. The second kappa shape index (κ2) is 9.59. The predicted octanol–water partition coefficient (Wildman–Crippen LogP) is 5.48. The van der Waals surface area contributed by atoms with Gasteiger partial charge < -0.3 is 10.0 Å². The fourth-order valence-electron chi connectivity index (χ4n) is 5.67. The summed E-state index contributed by atoms with van der Waals surface area (Å²) in [6.45, 7) is 0.0768. The number of hydrogen-bond acceptors (Lipinski definition) is 3. The number of imidazole rings is 1. The van der Waals surface area contributed by atoms with Crippen molar-refractivity contribution in [2.75, 3.05) is 13.1 Å². The quantitative estimate of drug-likeness (QED) is 0.335. The van der Waals surface area contributed by atoms with Gasteiger partial charge in [-0.3, -0.25) is 13.9 Å². The van der Waals surface area contributed by atoms with E-state index in [1.807, 2.05) is 6.07 Å². The van der Waals surface area contributed by atoms with E-state index in [0.29, 0.717) is 40.1 Å². The molecule has 0 spiro atoms. The maximum atomic E-state index is 14.0. The van der Waals surface area contributed by atoms with Crippen molar-refractivity contribution in [2.24, 2.45) is 0 Å². The van der Waals surface area contributed by atoms with E-state index >= 15 is 0 Å². The lowest BCUT2D eigenvalue weighted by molar-refractivity contribution is -0.136. The van der Waals surface area contributed by atoms with Crippen molar-refractivity contribution in [1.29, 1.82) is 0 Å². The Balaban J connectivity index is 1.35. The Labute approximate surface area is 233 Å². The van der Waals surface area contributed by atoms with Gasteiger partial charge >= 0.3 is 11.7 Å². The molecule has 1 saturated carbocycles. The van der Waals surface area contributed by atoms with Crippen LogP contribution >= 0.6 is 11.6 Å². The van der Waals surface area contributed by atoms with Gasteiger partial charge in [-0.2, -0.15) is 0 Å². The molecule has 1 saturated heterocycles. The van der Waals surface area contributed by atoms with E-state index in [9.17, 15) is 28.3 Å². The minimum atomic E-state index is -2.72. The van der Waals surface area contributed by atoms with Crippen LogP contribution in [0, 0.1) is 0 Å². The number of carboxylic acids is 1. The molecule has 2 aliphatic rings. The lowest BCUT2D eigenvalue weighted by Gasteiger charge is -2.31. The first-order chi connectivity index (χ1) is 19.1. The molecule has 1 aliphatic heterocycles. The molecule has 206 valence electrons. The van der Waals surface area contributed by atoms with Crippen molar-refractivity contribution in [2.45, 2.75) is 43.6 Å².